The molecule has 6 rings (SSSR count). The van der Waals surface area contributed by atoms with Gasteiger partial charge in [-0.3, -0.25) is 10.1 Å². The Morgan fingerprint density at radius 1 is 1.06 bits per heavy atom. The number of phenols is 1. The molecule has 2 atom stereocenters. The average molecular weight is 442 g/mol. The van der Waals surface area contributed by atoms with Crippen LogP contribution in [0.3, 0.4) is 0 Å². The molecule has 1 saturated heterocycles. The standard InChI is InChI=1S/C25H19N3O3S/c29-18-12-10-16(11-13-18)14-23-24(30)26-25(32-23)28-21(19-8-4-5-9-22(19)31-25)15-20(27-28)17-6-2-1-3-7-17/h1-14,21,29H,15H2,(H,26,30)/b23-14-. The van der Waals surface area contributed by atoms with Crippen LogP contribution in [0, 0.1) is 0 Å². The predicted octanol–water partition coefficient (Wildman–Crippen LogP) is 4.45. The van der Waals surface area contributed by atoms with Crippen molar-refractivity contribution in [3.63, 3.8) is 0 Å². The first-order valence-electron chi connectivity index (χ1n) is 10.3. The molecule has 0 bridgehead atoms. The lowest BCUT2D eigenvalue weighted by molar-refractivity contribution is -0.127. The van der Waals surface area contributed by atoms with Gasteiger partial charge < -0.3 is 9.84 Å². The number of aromatic hydroxyl groups is 1. The number of ether oxygens (including phenoxy) is 1. The van der Waals surface area contributed by atoms with E-state index in [1.165, 1.54) is 11.8 Å². The second-order valence-corrected chi connectivity index (χ2v) is 9.05. The molecule has 3 aliphatic rings. The molecule has 3 heterocycles. The van der Waals surface area contributed by atoms with Crippen molar-refractivity contribution in [1.29, 1.82) is 0 Å². The van der Waals surface area contributed by atoms with Crippen molar-refractivity contribution in [2.45, 2.75) is 17.6 Å². The molecule has 3 aromatic rings. The lowest BCUT2D eigenvalue weighted by Gasteiger charge is -2.43. The van der Waals surface area contributed by atoms with Crippen LogP contribution >= 0.6 is 11.8 Å². The highest BCUT2D eigenvalue weighted by Gasteiger charge is 2.57. The summed E-state index contributed by atoms with van der Waals surface area (Å²) in [5.41, 5.74) is 3.89. The average Bonchev–Trinajstić information content (AvgIpc) is 3.39. The second kappa shape index (κ2) is 7.17. The van der Waals surface area contributed by atoms with Crippen molar-refractivity contribution in [2.24, 2.45) is 5.10 Å². The van der Waals surface area contributed by atoms with Crippen molar-refractivity contribution < 1.29 is 14.6 Å². The zero-order valence-electron chi connectivity index (χ0n) is 16.9. The minimum Gasteiger partial charge on any atom is -0.508 e. The maximum absolute atomic E-state index is 13.0. The third-order valence-electron chi connectivity index (χ3n) is 5.78. The third-order valence-corrected chi connectivity index (χ3v) is 6.95. The highest BCUT2D eigenvalue weighted by molar-refractivity contribution is 8.05. The number of nitrogens with one attached hydrogen (secondary N) is 1. The molecule has 3 aromatic carbocycles. The van der Waals surface area contributed by atoms with Crippen molar-refractivity contribution in [2.75, 3.05) is 0 Å². The smallest absolute Gasteiger partial charge is 0.336 e. The molecule has 1 spiro atoms. The summed E-state index contributed by atoms with van der Waals surface area (Å²) in [5, 5.41) is 18.2. The maximum atomic E-state index is 13.0. The van der Waals surface area contributed by atoms with Crippen LogP contribution in [0.15, 0.2) is 88.9 Å². The van der Waals surface area contributed by atoms with Crippen molar-refractivity contribution in [3.8, 4) is 11.5 Å². The summed E-state index contributed by atoms with van der Waals surface area (Å²) < 4.78 is 6.41. The van der Waals surface area contributed by atoms with E-state index in [0.717, 1.165) is 34.6 Å². The Labute approximate surface area is 189 Å². The molecule has 32 heavy (non-hydrogen) atoms. The molecule has 0 aromatic heterocycles. The fourth-order valence-corrected chi connectivity index (χ4v) is 5.44. The molecule has 2 N–H and O–H groups in total. The maximum Gasteiger partial charge on any atom is 0.336 e. The van der Waals surface area contributed by atoms with Crippen LogP contribution in [0.25, 0.3) is 6.08 Å². The molecule has 6 nitrogen and oxygen atoms in total. The van der Waals surface area contributed by atoms with Crippen LogP contribution in [-0.2, 0) is 4.79 Å². The van der Waals surface area contributed by atoms with E-state index in [1.54, 1.807) is 30.3 Å². The van der Waals surface area contributed by atoms with Gasteiger partial charge >= 0.3 is 5.18 Å². The van der Waals surface area contributed by atoms with Gasteiger partial charge in [-0.1, -0.05) is 60.7 Å². The molecule has 1 fully saturated rings. The first kappa shape index (κ1) is 19.0. The molecular formula is C25H19N3O3S. The van der Waals surface area contributed by atoms with Crippen LogP contribution in [-0.4, -0.2) is 26.9 Å². The number of carbonyl (C=O) groups excluding carboxylic acids is 1. The summed E-state index contributed by atoms with van der Waals surface area (Å²) in [6, 6.07) is 24.7. The topological polar surface area (TPSA) is 74.2 Å². The summed E-state index contributed by atoms with van der Waals surface area (Å²) in [5.74, 6) is 0.712. The van der Waals surface area contributed by atoms with E-state index in [2.05, 4.69) is 11.4 Å². The number of para-hydroxylation sites is 1. The normalized spacial score (nSPS) is 24.7. The molecule has 2 unspecified atom stereocenters. The Kier molecular flexibility index (Phi) is 4.26. The number of hydrogen-bond donors (Lipinski definition) is 2. The largest absolute Gasteiger partial charge is 0.508 e. The Morgan fingerprint density at radius 2 is 1.81 bits per heavy atom. The molecule has 0 saturated carbocycles. The lowest BCUT2D eigenvalue weighted by Crippen LogP contribution is -2.58. The lowest BCUT2D eigenvalue weighted by atomic mass is 9.97. The van der Waals surface area contributed by atoms with Crippen molar-refractivity contribution >= 4 is 29.5 Å². The molecule has 3 aliphatic heterocycles. The van der Waals surface area contributed by atoms with E-state index in [4.69, 9.17) is 9.84 Å². The summed E-state index contributed by atoms with van der Waals surface area (Å²) in [4.78, 5) is 13.5. The number of thioether (sulfide) groups is 1. The van der Waals surface area contributed by atoms with E-state index >= 15 is 0 Å². The van der Waals surface area contributed by atoms with E-state index in [1.807, 2.05) is 53.5 Å². The highest BCUT2D eigenvalue weighted by Crippen LogP contribution is 2.53. The highest BCUT2D eigenvalue weighted by atomic mass is 32.2. The van der Waals surface area contributed by atoms with Crippen molar-refractivity contribution in [3.05, 3.63) is 100 Å². The zero-order valence-corrected chi connectivity index (χ0v) is 17.8. The Hall–Kier alpha value is -3.71. The Bertz CT molecular complexity index is 1270. The van der Waals surface area contributed by atoms with Gasteiger partial charge in [-0.05, 0) is 47.2 Å². The number of hydrazone groups is 1. The Balaban J connectivity index is 1.42. The molecule has 1 amide bonds. The molecule has 0 radical (unpaired) electrons. The van der Waals surface area contributed by atoms with Gasteiger partial charge in [-0.25, -0.2) is 5.01 Å². The summed E-state index contributed by atoms with van der Waals surface area (Å²) in [6.45, 7) is 0. The molecule has 158 valence electrons. The predicted molar refractivity (Wildman–Crippen MR) is 124 cm³/mol. The SMILES string of the molecule is O=C1NC2(Oc3ccccc3C3CC(c4ccccc4)=NN32)S/C1=C\c1ccc(O)cc1. The fraction of sp³-hybridized carbons (Fsp3) is 0.120. The van der Waals surface area contributed by atoms with Crippen LogP contribution in [0.2, 0.25) is 0 Å². The minimum atomic E-state index is -1.16. The van der Waals surface area contributed by atoms with E-state index < -0.39 is 5.18 Å². The number of phenolic OH excluding ortho intramolecular Hbond substituents is 1. The number of benzene rings is 3. The first-order chi connectivity index (χ1) is 15.6. The van der Waals surface area contributed by atoms with Gasteiger partial charge in [0.15, 0.2) is 0 Å². The minimum absolute atomic E-state index is 0.0454. The fourth-order valence-electron chi connectivity index (χ4n) is 4.27. The van der Waals surface area contributed by atoms with Crippen LogP contribution in [0.5, 0.6) is 11.5 Å². The summed E-state index contributed by atoms with van der Waals surface area (Å²) >= 11 is 1.31. The van der Waals surface area contributed by atoms with Crippen LogP contribution in [0.1, 0.15) is 29.2 Å². The van der Waals surface area contributed by atoms with Gasteiger partial charge in [0, 0.05) is 12.0 Å². The monoisotopic (exact) mass is 441 g/mol. The molecule has 0 aliphatic carbocycles. The van der Waals surface area contributed by atoms with Gasteiger partial charge in [0.2, 0.25) is 0 Å². The van der Waals surface area contributed by atoms with Crippen LogP contribution < -0.4 is 10.1 Å². The quantitative estimate of drug-likeness (QED) is 0.575. The Morgan fingerprint density at radius 3 is 2.62 bits per heavy atom. The summed E-state index contributed by atoms with van der Waals surface area (Å²) in [7, 11) is 0. The van der Waals surface area contributed by atoms with Crippen molar-refractivity contribution in [1.82, 2.24) is 10.3 Å². The number of carbonyl (C=O) groups is 1. The number of nitrogens with zero attached hydrogens (tertiary/aromatic N) is 2. The number of hydrogen-bond acceptors (Lipinski definition) is 6. The van der Waals surface area contributed by atoms with E-state index in [9.17, 15) is 9.90 Å². The van der Waals surface area contributed by atoms with Gasteiger partial charge in [0.05, 0.1) is 16.7 Å². The van der Waals surface area contributed by atoms with E-state index in [-0.39, 0.29) is 17.7 Å². The van der Waals surface area contributed by atoms with Gasteiger partial charge in [0.1, 0.15) is 11.5 Å². The van der Waals surface area contributed by atoms with Gasteiger partial charge in [-0.15, -0.1) is 0 Å². The van der Waals surface area contributed by atoms with Crippen LogP contribution in [0.4, 0.5) is 0 Å². The zero-order chi connectivity index (χ0) is 21.7. The van der Waals surface area contributed by atoms with Gasteiger partial charge in [0.25, 0.3) is 5.91 Å². The number of amides is 1. The van der Waals surface area contributed by atoms with Gasteiger partial charge in [-0.2, -0.15) is 5.10 Å². The first-order valence-corrected chi connectivity index (χ1v) is 11.2. The third kappa shape index (κ3) is 3.05. The van der Waals surface area contributed by atoms with E-state index in [0.29, 0.717) is 4.91 Å². The number of rotatable bonds is 2. The second-order valence-electron chi connectivity index (χ2n) is 7.86. The number of fused-ring (bicyclic) bond motifs is 4. The molecular weight excluding hydrogens is 422 g/mol. The summed E-state index contributed by atoms with van der Waals surface area (Å²) in [6.07, 6.45) is 2.52. The molecule has 7 heteroatoms.